The number of hydrogen-bond acceptors (Lipinski definition) is 6. The number of esters is 1. The van der Waals surface area contributed by atoms with Gasteiger partial charge < -0.3 is 14.8 Å². The minimum Gasteiger partial charge on any atom is -0.497 e. The zero-order chi connectivity index (χ0) is 20.0. The van der Waals surface area contributed by atoms with Gasteiger partial charge in [0.1, 0.15) is 10.8 Å². The smallest absolute Gasteiger partial charge is 0.341 e. The summed E-state index contributed by atoms with van der Waals surface area (Å²) in [6, 6.07) is 7.21. The van der Waals surface area contributed by atoms with Crippen molar-refractivity contribution in [3.05, 3.63) is 51.9 Å². The summed E-state index contributed by atoms with van der Waals surface area (Å²) in [5.74, 6) is -0.417. The molecule has 0 aliphatic heterocycles. The summed E-state index contributed by atoms with van der Waals surface area (Å²) < 4.78 is 10.1. The molecule has 0 saturated heterocycles. The van der Waals surface area contributed by atoms with E-state index in [9.17, 15) is 14.4 Å². The van der Waals surface area contributed by atoms with Crippen LogP contribution in [0, 0.1) is 6.92 Å². The van der Waals surface area contributed by atoms with Crippen LogP contribution in [0.15, 0.2) is 30.3 Å². The Morgan fingerprint density at radius 1 is 1.19 bits per heavy atom. The van der Waals surface area contributed by atoms with E-state index in [-0.39, 0.29) is 18.0 Å². The Bertz CT molecular complexity index is 881. The largest absolute Gasteiger partial charge is 0.497 e. The molecular weight excluding hydrogens is 366 g/mol. The summed E-state index contributed by atoms with van der Waals surface area (Å²) in [5.41, 5.74) is 1.56. The lowest BCUT2D eigenvalue weighted by Crippen LogP contribution is -2.12. The van der Waals surface area contributed by atoms with Crippen LogP contribution < -0.4 is 10.1 Å². The average Bonchev–Trinajstić information content (AvgIpc) is 2.97. The topological polar surface area (TPSA) is 81.7 Å². The van der Waals surface area contributed by atoms with Gasteiger partial charge in [-0.25, -0.2) is 4.79 Å². The molecule has 0 unspecified atom stereocenters. The standard InChI is InChI=1S/C20H21NO5S/c1-5-26-20(24)17-12(2)18(13(3)22)27-19(17)21-16(23)11-8-14-6-9-15(25-4)10-7-14/h6-11H,5H2,1-4H3,(H,21,23). The first-order valence-corrected chi connectivity index (χ1v) is 9.13. The van der Waals surface area contributed by atoms with E-state index in [1.165, 1.54) is 13.0 Å². The number of ether oxygens (including phenoxy) is 2. The number of carbonyl (C=O) groups excluding carboxylic acids is 3. The number of anilines is 1. The normalized spacial score (nSPS) is 10.7. The second kappa shape index (κ2) is 9.14. The summed E-state index contributed by atoms with van der Waals surface area (Å²) in [4.78, 5) is 36.7. The monoisotopic (exact) mass is 387 g/mol. The van der Waals surface area contributed by atoms with E-state index in [4.69, 9.17) is 9.47 Å². The number of hydrogen-bond donors (Lipinski definition) is 1. The fraction of sp³-hybridized carbons (Fsp3) is 0.250. The fourth-order valence-corrected chi connectivity index (χ4v) is 3.52. The Morgan fingerprint density at radius 2 is 1.85 bits per heavy atom. The zero-order valence-electron chi connectivity index (χ0n) is 15.6. The Labute approximate surface area is 161 Å². The molecule has 0 atom stereocenters. The Kier molecular flexibility index (Phi) is 6.90. The lowest BCUT2D eigenvalue weighted by atomic mass is 10.1. The summed E-state index contributed by atoms with van der Waals surface area (Å²) in [6.45, 7) is 4.99. The van der Waals surface area contributed by atoms with Crippen LogP contribution in [0.25, 0.3) is 6.08 Å². The van der Waals surface area contributed by atoms with Crippen molar-refractivity contribution in [3.63, 3.8) is 0 Å². The highest BCUT2D eigenvalue weighted by molar-refractivity contribution is 7.18. The molecule has 0 bridgehead atoms. The molecule has 2 rings (SSSR count). The fourth-order valence-electron chi connectivity index (χ4n) is 2.43. The summed E-state index contributed by atoms with van der Waals surface area (Å²) in [7, 11) is 1.58. The average molecular weight is 387 g/mol. The van der Waals surface area contributed by atoms with Gasteiger partial charge >= 0.3 is 5.97 Å². The van der Waals surface area contributed by atoms with Crippen LogP contribution in [0.2, 0.25) is 0 Å². The van der Waals surface area contributed by atoms with Crippen LogP contribution in [-0.4, -0.2) is 31.4 Å². The number of ketones is 1. The third-order valence-corrected chi connectivity index (χ3v) is 5.03. The van der Waals surface area contributed by atoms with Crippen LogP contribution in [0.4, 0.5) is 5.00 Å². The Balaban J connectivity index is 2.22. The highest BCUT2D eigenvalue weighted by Crippen LogP contribution is 2.34. The van der Waals surface area contributed by atoms with Crippen LogP contribution in [0.1, 0.15) is 45.0 Å². The first kappa shape index (κ1) is 20.4. The van der Waals surface area contributed by atoms with Crippen molar-refractivity contribution in [3.8, 4) is 5.75 Å². The number of amides is 1. The third kappa shape index (κ3) is 5.04. The van der Waals surface area contributed by atoms with Crippen molar-refractivity contribution in [1.29, 1.82) is 0 Å². The minimum atomic E-state index is -0.562. The van der Waals surface area contributed by atoms with Crippen molar-refractivity contribution in [2.75, 3.05) is 19.0 Å². The predicted octanol–water partition coefficient (Wildman–Crippen LogP) is 4.10. The molecule has 0 radical (unpaired) electrons. The van der Waals surface area contributed by atoms with Gasteiger partial charge in [0.05, 0.1) is 24.2 Å². The SMILES string of the molecule is CCOC(=O)c1c(NC(=O)C=Cc2ccc(OC)cc2)sc(C(C)=O)c1C. The third-order valence-electron chi connectivity index (χ3n) is 3.73. The van der Waals surface area contributed by atoms with Crippen LogP contribution in [0.3, 0.4) is 0 Å². The van der Waals surface area contributed by atoms with Gasteiger partial charge in [-0.1, -0.05) is 12.1 Å². The number of thiophene rings is 1. The highest BCUT2D eigenvalue weighted by atomic mass is 32.1. The minimum absolute atomic E-state index is 0.169. The number of Topliss-reactive ketones (excluding diaryl/α,β-unsaturated/α-hetero) is 1. The first-order valence-electron chi connectivity index (χ1n) is 8.31. The molecule has 0 fully saturated rings. The molecule has 7 heteroatoms. The summed E-state index contributed by atoms with van der Waals surface area (Å²) >= 11 is 1.07. The molecule has 6 nitrogen and oxygen atoms in total. The van der Waals surface area contributed by atoms with Crippen molar-refractivity contribution in [1.82, 2.24) is 0 Å². The number of methoxy groups -OCH3 is 1. The molecule has 0 spiro atoms. The van der Waals surface area contributed by atoms with E-state index in [1.807, 2.05) is 12.1 Å². The van der Waals surface area contributed by atoms with Gasteiger partial charge in [0.2, 0.25) is 5.91 Å². The Hall–Kier alpha value is -2.93. The van der Waals surface area contributed by atoms with Crippen LogP contribution >= 0.6 is 11.3 Å². The van der Waals surface area contributed by atoms with Gasteiger partial charge in [0.15, 0.2) is 5.78 Å². The number of carbonyl (C=O) groups is 3. The highest BCUT2D eigenvalue weighted by Gasteiger charge is 2.24. The summed E-state index contributed by atoms with van der Waals surface area (Å²) in [5, 5.41) is 2.98. The number of nitrogens with one attached hydrogen (secondary N) is 1. The predicted molar refractivity (Wildman–Crippen MR) is 106 cm³/mol. The maximum absolute atomic E-state index is 12.3. The second-order valence-corrected chi connectivity index (χ2v) is 6.65. The molecular formula is C20H21NO5S. The van der Waals surface area contributed by atoms with E-state index in [2.05, 4.69) is 5.32 Å². The van der Waals surface area contributed by atoms with E-state index >= 15 is 0 Å². The van der Waals surface area contributed by atoms with Gasteiger partial charge in [-0.15, -0.1) is 11.3 Å². The van der Waals surface area contributed by atoms with Crippen LogP contribution in [-0.2, 0) is 9.53 Å². The molecule has 0 aliphatic carbocycles. The molecule has 0 saturated carbocycles. The van der Waals surface area contributed by atoms with Gasteiger partial charge in [-0.3, -0.25) is 9.59 Å². The second-order valence-electron chi connectivity index (χ2n) is 5.63. The Morgan fingerprint density at radius 3 is 2.41 bits per heavy atom. The van der Waals surface area contributed by atoms with Crippen molar-refractivity contribution >= 4 is 40.1 Å². The molecule has 1 heterocycles. The molecule has 2 aromatic rings. The van der Waals surface area contributed by atoms with Gasteiger partial charge in [-0.05, 0) is 50.1 Å². The van der Waals surface area contributed by atoms with E-state index in [1.54, 1.807) is 39.2 Å². The van der Waals surface area contributed by atoms with Gasteiger partial charge in [-0.2, -0.15) is 0 Å². The molecule has 142 valence electrons. The van der Waals surface area contributed by atoms with Gasteiger partial charge in [0, 0.05) is 6.08 Å². The van der Waals surface area contributed by atoms with E-state index in [0.717, 1.165) is 22.6 Å². The maximum Gasteiger partial charge on any atom is 0.341 e. The molecule has 1 N–H and O–H groups in total. The first-order chi connectivity index (χ1) is 12.9. The molecule has 27 heavy (non-hydrogen) atoms. The van der Waals surface area contributed by atoms with Crippen molar-refractivity contribution < 1.29 is 23.9 Å². The maximum atomic E-state index is 12.3. The van der Waals surface area contributed by atoms with Crippen molar-refractivity contribution in [2.45, 2.75) is 20.8 Å². The molecule has 0 aliphatic rings. The van der Waals surface area contributed by atoms with E-state index in [0.29, 0.717) is 15.4 Å². The molecule has 1 aromatic carbocycles. The van der Waals surface area contributed by atoms with E-state index < -0.39 is 11.9 Å². The molecule has 1 aromatic heterocycles. The van der Waals surface area contributed by atoms with Gasteiger partial charge in [0.25, 0.3) is 0 Å². The summed E-state index contributed by atoms with van der Waals surface area (Å²) in [6.07, 6.45) is 3.00. The number of benzene rings is 1. The molecule has 1 amide bonds. The number of rotatable bonds is 7. The lowest BCUT2D eigenvalue weighted by Gasteiger charge is -2.05. The lowest BCUT2D eigenvalue weighted by molar-refractivity contribution is -0.111. The van der Waals surface area contributed by atoms with Crippen LogP contribution in [0.5, 0.6) is 5.75 Å². The quantitative estimate of drug-likeness (QED) is 0.439. The van der Waals surface area contributed by atoms with Crippen molar-refractivity contribution in [2.24, 2.45) is 0 Å². The zero-order valence-corrected chi connectivity index (χ0v) is 16.4.